The van der Waals surface area contributed by atoms with Gasteiger partial charge in [-0.1, -0.05) is 37.1 Å². The first-order valence-electron chi connectivity index (χ1n) is 11.1. The Kier molecular flexibility index (Phi) is 6.32. The Bertz CT molecular complexity index is 1080. The van der Waals surface area contributed by atoms with Crippen LogP contribution in [0.4, 0.5) is 5.69 Å². The van der Waals surface area contributed by atoms with E-state index in [0.717, 1.165) is 11.3 Å². The van der Waals surface area contributed by atoms with E-state index in [4.69, 9.17) is 10.5 Å². The predicted molar refractivity (Wildman–Crippen MR) is 127 cm³/mol. The van der Waals surface area contributed by atoms with Crippen LogP contribution in [0, 0.1) is 0 Å². The molecule has 1 unspecified atom stereocenters. The van der Waals surface area contributed by atoms with Gasteiger partial charge in [0.05, 0.1) is 5.75 Å². The molecule has 2 aromatic rings. The molecule has 0 saturated heterocycles. The van der Waals surface area contributed by atoms with E-state index in [1.165, 1.54) is 31.2 Å². The van der Waals surface area contributed by atoms with Gasteiger partial charge in [0.15, 0.2) is 5.69 Å². The van der Waals surface area contributed by atoms with Crippen molar-refractivity contribution in [2.75, 3.05) is 18.8 Å². The van der Waals surface area contributed by atoms with Crippen LogP contribution in [0.15, 0.2) is 72.5 Å². The molecule has 31 heavy (non-hydrogen) atoms. The van der Waals surface area contributed by atoms with Gasteiger partial charge in [-0.3, -0.25) is 0 Å². The fourth-order valence-corrected chi connectivity index (χ4v) is 6.16. The molecule has 0 amide bonds. The second-order valence-electron chi connectivity index (χ2n) is 8.27. The minimum atomic E-state index is -3.45. The van der Waals surface area contributed by atoms with E-state index in [9.17, 15) is 8.42 Å². The van der Waals surface area contributed by atoms with E-state index in [1.807, 2.05) is 48.6 Å². The highest BCUT2D eigenvalue weighted by molar-refractivity contribution is 7.91. The number of nitrogens with zero attached hydrogens (tertiary/aromatic N) is 1. The minimum Gasteiger partial charge on any atom is -0.457 e. The molecule has 1 saturated carbocycles. The number of quaternary nitrogens is 1. The quantitative estimate of drug-likeness (QED) is 0.602. The van der Waals surface area contributed by atoms with E-state index < -0.39 is 10.0 Å². The Balaban J connectivity index is 1.65. The van der Waals surface area contributed by atoms with Crippen LogP contribution in [0.25, 0.3) is 0 Å². The van der Waals surface area contributed by atoms with Gasteiger partial charge in [-0.25, -0.2) is 0 Å². The summed E-state index contributed by atoms with van der Waals surface area (Å²) >= 11 is 0. The lowest BCUT2D eigenvalue weighted by atomic mass is 9.97. The number of hydrogen-bond donors (Lipinski definition) is 1. The molecule has 2 N–H and O–H groups in total. The van der Waals surface area contributed by atoms with Gasteiger partial charge in [-0.05, 0) is 55.5 Å². The summed E-state index contributed by atoms with van der Waals surface area (Å²) in [7, 11) is -3.45. The molecule has 0 radical (unpaired) electrons. The van der Waals surface area contributed by atoms with Crippen LogP contribution in [0.2, 0.25) is 0 Å². The van der Waals surface area contributed by atoms with Crippen molar-refractivity contribution in [3.05, 3.63) is 78.0 Å². The third-order valence-electron chi connectivity index (χ3n) is 6.40. The third-order valence-corrected chi connectivity index (χ3v) is 8.58. The van der Waals surface area contributed by atoms with Crippen molar-refractivity contribution >= 4 is 15.7 Å². The van der Waals surface area contributed by atoms with Crippen LogP contribution in [0.5, 0.6) is 11.5 Å². The van der Waals surface area contributed by atoms with Crippen molar-refractivity contribution in [1.82, 2.24) is 3.89 Å². The molecule has 0 aromatic heterocycles. The summed E-state index contributed by atoms with van der Waals surface area (Å²) in [6.45, 7) is 2.33. The molecule has 2 aliphatic rings. The predicted octanol–water partition coefficient (Wildman–Crippen LogP) is 5.21. The van der Waals surface area contributed by atoms with Gasteiger partial charge in [0.1, 0.15) is 24.2 Å². The Morgan fingerprint density at radius 1 is 1.06 bits per heavy atom. The molecule has 1 heterocycles. The van der Waals surface area contributed by atoms with Crippen LogP contribution in [0.1, 0.15) is 44.1 Å². The van der Waals surface area contributed by atoms with Crippen molar-refractivity contribution in [3.63, 3.8) is 0 Å². The van der Waals surface area contributed by atoms with Crippen molar-refractivity contribution in [2.45, 2.75) is 38.5 Å². The van der Waals surface area contributed by atoms with Gasteiger partial charge in [-0.2, -0.15) is 12.3 Å². The van der Waals surface area contributed by atoms with Gasteiger partial charge in [0, 0.05) is 24.3 Å². The minimum absolute atomic E-state index is 0.0439. The molecule has 0 bridgehead atoms. The normalized spacial score (nSPS) is 21.8. The fraction of sp³-hybridized carbons (Fsp3) is 0.360. The highest BCUT2D eigenvalue weighted by atomic mass is 32.2. The smallest absolute Gasteiger partial charge is 0.306 e. The van der Waals surface area contributed by atoms with Gasteiger partial charge in [0.25, 0.3) is 0 Å². The fourth-order valence-electron chi connectivity index (χ4n) is 4.65. The Morgan fingerprint density at radius 2 is 1.77 bits per heavy atom. The number of benzene rings is 2. The lowest BCUT2D eigenvalue weighted by Crippen LogP contribution is -2.51. The molecular weight excluding hydrogens is 408 g/mol. The number of ether oxygens (including phenoxy) is 1. The van der Waals surface area contributed by atoms with Crippen molar-refractivity contribution in [2.24, 2.45) is 5.73 Å². The van der Waals surface area contributed by atoms with Crippen LogP contribution in [-0.4, -0.2) is 27.3 Å². The maximum Gasteiger partial charge on any atom is 0.306 e. The average molecular weight is 440 g/mol. The van der Waals surface area contributed by atoms with Crippen molar-refractivity contribution in [1.29, 1.82) is 0 Å². The topological polar surface area (TPSA) is 69.4 Å². The van der Waals surface area contributed by atoms with Gasteiger partial charge in [-0.15, -0.1) is 0 Å². The number of para-hydroxylation sites is 1. The zero-order valence-corrected chi connectivity index (χ0v) is 18.9. The van der Waals surface area contributed by atoms with E-state index in [2.05, 4.69) is 12.1 Å². The monoisotopic (exact) mass is 439 g/mol. The maximum atomic E-state index is 13.1. The standard InChI is InChI=1S/C25H31N2O3S/c1-2-31(28,29)27(17-7-8-20(18-26)19-27)22-13-15-23(16-14-22)30-25-12-6-5-11-24(25)21-9-3-4-10-21/h5-8,11-16,19,21H,2-4,9-10,17-18,26H2,1H3/q+1. The summed E-state index contributed by atoms with van der Waals surface area (Å²) in [6.07, 6.45) is 10.5. The summed E-state index contributed by atoms with van der Waals surface area (Å²) < 4.78 is 32.3. The van der Waals surface area contributed by atoms with Gasteiger partial charge < -0.3 is 10.5 Å². The molecule has 0 spiro atoms. The molecule has 1 atom stereocenters. The molecule has 5 nitrogen and oxygen atoms in total. The zero-order chi connectivity index (χ0) is 21.9. The lowest BCUT2D eigenvalue weighted by Gasteiger charge is -2.34. The molecule has 1 aliphatic heterocycles. The summed E-state index contributed by atoms with van der Waals surface area (Å²) in [6, 6.07) is 15.7. The molecule has 164 valence electrons. The number of rotatable bonds is 7. The first kappa shape index (κ1) is 21.8. The highest BCUT2D eigenvalue weighted by Gasteiger charge is 2.42. The van der Waals surface area contributed by atoms with E-state index in [-0.39, 0.29) is 9.64 Å². The van der Waals surface area contributed by atoms with Crippen molar-refractivity contribution < 1.29 is 13.2 Å². The van der Waals surface area contributed by atoms with Gasteiger partial charge >= 0.3 is 10.0 Å². The molecule has 2 aromatic carbocycles. The Labute approximate surface area is 185 Å². The summed E-state index contributed by atoms with van der Waals surface area (Å²) in [5, 5.41) is 0. The Hall–Kier alpha value is -2.41. The number of nitrogens with two attached hydrogens (primary N) is 1. The molecule has 6 heteroatoms. The van der Waals surface area contributed by atoms with Crippen molar-refractivity contribution in [3.8, 4) is 11.5 Å². The van der Waals surface area contributed by atoms with Gasteiger partial charge in [0.2, 0.25) is 0 Å². The second kappa shape index (κ2) is 8.99. The van der Waals surface area contributed by atoms with Crippen LogP contribution < -0.4 is 14.4 Å². The van der Waals surface area contributed by atoms with Crippen LogP contribution >= 0.6 is 0 Å². The maximum absolute atomic E-state index is 13.1. The van der Waals surface area contributed by atoms with E-state index in [1.54, 1.807) is 13.1 Å². The highest BCUT2D eigenvalue weighted by Crippen LogP contribution is 2.40. The zero-order valence-electron chi connectivity index (χ0n) is 18.0. The largest absolute Gasteiger partial charge is 0.457 e. The molecule has 1 aliphatic carbocycles. The Morgan fingerprint density at radius 3 is 2.45 bits per heavy atom. The summed E-state index contributed by atoms with van der Waals surface area (Å²) in [5.74, 6) is 2.19. The lowest BCUT2D eigenvalue weighted by molar-refractivity contribution is 0.468. The second-order valence-corrected chi connectivity index (χ2v) is 10.7. The number of sulfonamides is 1. The average Bonchev–Trinajstić information content (AvgIpc) is 3.34. The molecular formula is C25H31N2O3S+. The van der Waals surface area contributed by atoms with Crippen LogP contribution in [-0.2, 0) is 10.0 Å². The summed E-state index contributed by atoms with van der Waals surface area (Å²) in [4.78, 5) is 0. The first-order valence-corrected chi connectivity index (χ1v) is 12.7. The van der Waals surface area contributed by atoms with E-state index >= 15 is 0 Å². The molecule has 4 rings (SSSR count). The van der Waals surface area contributed by atoms with Crippen LogP contribution in [0.3, 0.4) is 0 Å². The third kappa shape index (κ3) is 4.20. The summed E-state index contributed by atoms with van der Waals surface area (Å²) in [5.41, 5.74) is 8.58. The number of hydrogen-bond acceptors (Lipinski definition) is 4. The molecule has 1 fully saturated rings. The van der Waals surface area contributed by atoms with E-state index in [0.29, 0.717) is 30.4 Å². The first-order chi connectivity index (χ1) is 15.0. The SMILES string of the molecule is CCS(=O)(=O)[N+]1(c2ccc(Oc3ccccc3C3CCCC3)cc2)C=C(CN)C=CC1.